The van der Waals surface area contributed by atoms with Gasteiger partial charge in [0.1, 0.15) is 11.5 Å². The van der Waals surface area contributed by atoms with Gasteiger partial charge in [0.05, 0.1) is 36.5 Å². The first-order valence-corrected chi connectivity index (χ1v) is 8.97. The van der Waals surface area contributed by atoms with Crippen LogP contribution in [0.5, 0.6) is 11.5 Å². The Kier molecular flexibility index (Phi) is 5.77. The number of nitrogens with zero attached hydrogens (tertiary/aromatic N) is 1. The maximum absolute atomic E-state index is 12.7. The number of anilines is 2. The first kappa shape index (κ1) is 19.3. The van der Waals surface area contributed by atoms with Gasteiger partial charge in [-0.2, -0.15) is 0 Å². The molecule has 8 heteroatoms. The number of carbonyl (C=O) groups is 2. The number of nitrogens with one attached hydrogen (secondary N) is 1. The molecule has 0 unspecified atom stereocenters. The molecule has 1 N–H and O–H groups in total. The van der Waals surface area contributed by atoms with E-state index in [1.165, 1.54) is 12.0 Å². The van der Waals surface area contributed by atoms with Gasteiger partial charge in [0.2, 0.25) is 11.8 Å². The minimum Gasteiger partial charge on any atom is -0.497 e. The summed E-state index contributed by atoms with van der Waals surface area (Å²) in [5, 5.41) is 3.69. The van der Waals surface area contributed by atoms with Crippen LogP contribution in [0.2, 0.25) is 10.0 Å². The molecule has 142 valence electrons. The minimum absolute atomic E-state index is 0.0904. The zero-order valence-corrected chi connectivity index (χ0v) is 16.3. The Hall–Kier alpha value is -2.44. The van der Waals surface area contributed by atoms with E-state index in [0.29, 0.717) is 32.9 Å². The summed E-state index contributed by atoms with van der Waals surface area (Å²) in [5.74, 6) is 0.122. The summed E-state index contributed by atoms with van der Waals surface area (Å²) in [6.07, 6.45) is 0.0904. The van der Waals surface area contributed by atoms with Crippen molar-refractivity contribution in [1.82, 2.24) is 0 Å². The molecule has 27 heavy (non-hydrogen) atoms. The van der Waals surface area contributed by atoms with Crippen LogP contribution >= 0.6 is 23.2 Å². The topological polar surface area (TPSA) is 67.9 Å². The molecule has 1 heterocycles. The molecule has 1 aliphatic rings. The van der Waals surface area contributed by atoms with Crippen molar-refractivity contribution in [2.45, 2.75) is 6.42 Å². The van der Waals surface area contributed by atoms with Gasteiger partial charge in [-0.1, -0.05) is 23.2 Å². The summed E-state index contributed by atoms with van der Waals surface area (Å²) >= 11 is 12.2. The molecule has 1 atom stereocenters. The lowest BCUT2D eigenvalue weighted by molar-refractivity contribution is -0.122. The van der Waals surface area contributed by atoms with E-state index in [4.69, 9.17) is 32.7 Å². The highest BCUT2D eigenvalue weighted by Crippen LogP contribution is 2.34. The molecule has 2 aromatic carbocycles. The van der Waals surface area contributed by atoms with Crippen molar-refractivity contribution in [3.8, 4) is 11.5 Å². The zero-order chi connectivity index (χ0) is 19.6. The molecule has 2 aromatic rings. The molecule has 1 saturated heterocycles. The van der Waals surface area contributed by atoms with Gasteiger partial charge >= 0.3 is 0 Å². The van der Waals surface area contributed by atoms with E-state index in [9.17, 15) is 9.59 Å². The average molecular weight is 409 g/mol. The summed E-state index contributed by atoms with van der Waals surface area (Å²) in [5.41, 5.74) is 1.02. The van der Waals surface area contributed by atoms with Gasteiger partial charge in [0.25, 0.3) is 0 Å². The van der Waals surface area contributed by atoms with Crippen molar-refractivity contribution in [2.24, 2.45) is 5.92 Å². The van der Waals surface area contributed by atoms with Crippen LogP contribution in [0.1, 0.15) is 6.42 Å². The molecule has 2 amide bonds. The first-order chi connectivity index (χ1) is 12.9. The van der Waals surface area contributed by atoms with E-state index < -0.39 is 5.92 Å². The SMILES string of the molecule is COc1ccc(NC(=O)[C@@H]2CC(=O)N(c3cc(Cl)ccc3Cl)C2)c(OC)c1. The van der Waals surface area contributed by atoms with Crippen LogP contribution in [-0.4, -0.2) is 32.6 Å². The largest absolute Gasteiger partial charge is 0.497 e. The molecule has 3 rings (SSSR count). The Labute approximate surface area is 167 Å². The van der Waals surface area contributed by atoms with E-state index in [0.717, 1.165) is 0 Å². The fraction of sp³-hybridized carbons (Fsp3) is 0.263. The summed E-state index contributed by atoms with van der Waals surface area (Å²) in [4.78, 5) is 26.6. The fourth-order valence-corrected chi connectivity index (χ4v) is 3.33. The zero-order valence-electron chi connectivity index (χ0n) is 14.8. The predicted molar refractivity (Wildman–Crippen MR) is 105 cm³/mol. The molecule has 0 saturated carbocycles. The molecule has 0 radical (unpaired) electrons. The van der Waals surface area contributed by atoms with Gasteiger partial charge in [0, 0.05) is 24.1 Å². The molecule has 6 nitrogen and oxygen atoms in total. The highest BCUT2D eigenvalue weighted by Gasteiger charge is 2.36. The van der Waals surface area contributed by atoms with Crippen molar-refractivity contribution in [2.75, 3.05) is 31.0 Å². The van der Waals surface area contributed by atoms with Crippen LogP contribution < -0.4 is 19.7 Å². The third kappa shape index (κ3) is 4.12. The number of carbonyl (C=O) groups excluding carboxylic acids is 2. The number of hydrogen-bond acceptors (Lipinski definition) is 4. The predicted octanol–water partition coefficient (Wildman–Crippen LogP) is 4.00. The Morgan fingerprint density at radius 3 is 2.63 bits per heavy atom. The van der Waals surface area contributed by atoms with Gasteiger partial charge in [-0.3, -0.25) is 9.59 Å². The van der Waals surface area contributed by atoms with E-state index in [-0.39, 0.29) is 24.8 Å². The van der Waals surface area contributed by atoms with Crippen molar-refractivity contribution in [1.29, 1.82) is 0 Å². The lowest BCUT2D eigenvalue weighted by Gasteiger charge is -2.18. The molecule has 0 aliphatic carbocycles. The van der Waals surface area contributed by atoms with Crippen LogP contribution in [0.25, 0.3) is 0 Å². The van der Waals surface area contributed by atoms with Crippen LogP contribution in [0, 0.1) is 5.92 Å². The first-order valence-electron chi connectivity index (χ1n) is 8.21. The molecule has 0 spiro atoms. The van der Waals surface area contributed by atoms with E-state index in [1.54, 1.807) is 43.5 Å². The molecule has 1 aliphatic heterocycles. The Bertz CT molecular complexity index is 888. The van der Waals surface area contributed by atoms with E-state index in [2.05, 4.69) is 5.32 Å². The second kappa shape index (κ2) is 8.06. The summed E-state index contributed by atoms with van der Waals surface area (Å²) in [7, 11) is 3.05. The van der Waals surface area contributed by atoms with Crippen LogP contribution in [0.15, 0.2) is 36.4 Å². The van der Waals surface area contributed by atoms with Crippen molar-refractivity contribution in [3.63, 3.8) is 0 Å². The van der Waals surface area contributed by atoms with E-state index in [1.807, 2.05) is 0 Å². The van der Waals surface area contributed by atoms with Crippen LogP contribution in [-0.2, 0) is 9.59 Å². The monoisotopic (exact) mass is 408 g/mol. The average Bonchev–Trinajstić information content (AvgIpc) is 3.05. The summed E-state index contributed by atoms with van der Waals surface area (Å²) < 4.78 is 10.4. The van der Waals surface area contributed by atoms with Gasteiger partial charge in [-0.25, -0.2) is 0 Å². The molecule has 0 bridgehead atoms. The van der Waals surface area contributed by atoms with Crippen LogP contribution in [0.3, 0.4) is 0 Å². The van der Waals surface area contributed by atoms with Crippen molar-refractivity contribution < 1.29 is 19.1 Å². The number of amides is 2. The van der Waals surface area contributed by atoms with Gasteiger partial charge < -0.3 is 19.7 Å². The van der Waals surface area contributed by atoms with Crippen molar-refractivity contribution >= 4 is 46.4 Å². The molecular formula is C19H18Cl2N2O4. The quantitative estimate of drug-likeness (QED) is 0.811. The highest BCUT2D eigenvalue weighted by atomic mass is 35.5. The van der Waals surface area contributed by atoms with Gasteiger partial charge in [-0.05, 0) is 30.3 Å². The lowest BCUT2D eigenvalue weighted by atomic mass is 10.1. The minimum atomic E-state index is -0.514. The highest BCUT2D eigenvalue weighted by molar-refractivity contribution is 6.36. The third-order valence-electron chi connectivity index (χ3n) is 4.36. The Balaban J connectivity index is 1.75. The van der Waals surface area contributed by atoms with E-state index >= 15 is 0 Å². The maximum atomic E-state index is 12.7. The summed E-state index contributed by atoms with van der Waals surface area (Å²) in [6, 6.07) is 9.98. The second-order valence-electron chi connectivity index (χ2n) is 6.06. The second-order valence-corrected chi connectivity index (χ2v) is 6.90. The normalized spacial score (nSPS) is 16.4. The Morgan fingerprint density at radius 1 is 1.15 bits per heavy atom. The van der Waals surface area contributed by atoms with Crippen LogP contribution in [0.4, 0.5) is 11.4 Å². The molecule has 1 fully saturated rings. The summed E-state index contributed by atoms with van der Waals surface area (Å²) in [6.45, 7) is 0.225. The standard InChI is InChI=1S/C19H18Cl2N2O4/c1-26-13-4-6-15(17(9-13)27-2)22-19(25)11-7-18(24)23(10-11)16-8-12(20)3-5-14(16)21/h3-6,8-9,11H,7,10H2,1-2H3,(H,22,25)/t11-/m1/s1. The molecular weight excluding hydrogens is 391 g/mol. The number of rotatable bonds is 5. The number of hydrogen-bond donors (Lipinski definition) is 1. The van der Waals surface area contributed by atoms with Gasteiger partial charge in [-0.15, -0.1) is 0 Å². The third-order valence-corrected chi connectivity index (χ3v) is 4.92. The number of ether oxygens (including phenoxy) is 2. The fourth-order valence-electron chi connectivity index (χ4n) is 2.95. The smallest absolute Gasteiger partial charge is 0.229 e. The lowest BCUT2D eigenvalue weighted by Crippen LogP contribution is -2.28. The number of methoxy groups -OCH3 is 2. The molecule has 0 aromatic heterocycles. The number of benzene rings is 2. The maximum Gasteiger partial charge on any atom is 0.229 e. The Morgan fingerprint density at radius 2 is 1.93 bits per heavy atom. The van der Waals surface area contributed by atoms with Crippen molar-refractivity contribution in [3.05, 3.63) is 46.4 Å². The number of halogens is 2. The van der Waals surface area contributed by atoms with Gasteiger partial charge in [0.15, 0.2) is 0 Å².